The van der Waals surface area contributed by atoms with Crippen LogP contribution in [0.2, 0.25) is 5.15 Å². The molecule has 158 valence electrons. The van der Waals surface area contributed by atoms with Crippen molar-refractivity contribution in [1.82, 2.24) is 14.5 Å². The van der Waals surface area contributed by atoms with Gasteiger partial charge < -0.3 is 5.32 Å². The molecule has 9 heteroatoms. The van der Waals surface area contributed by atoms with Crippen molar-refractivity contribution < 1.29 is 4.79 Å². The Morgan fingerprint density at radius 2 is 1.97 bits per heavy atom. The second-order valence-electron chi connectivity index (χ2n) is 6.91. The molecule has 3 heterocycles. The van der Waals surface area contributed by atoms with E-state index in [0.29, 0.717) is 27.6 Å². The Balaban J connectivity index is 1.65. The van der Waals surface area contributed by atoms with E-state index in [1.165, 1.54) is 23.1 Å². The third kappa shape index (κ3) is 4.66. The Labute approximate surface area is 192 Å². The van der Waals surface area contributed by atoms with Crippen molar-refractivity contribution in [2.45, 2.75) is 25.5 Å². The zero-order valence-corrected chi connectivity index (χ0v) is 19.3. The second kappa shape index (κ2) is 9.21. The highest BCUT2D eigenvalue weighted by atomic mass is 35.5. The molecule has 1 amide bonds. The maximum atomic E-state index is 13.4. The van der Waals surface area contributed by atoms with E-state index in [-0.39, 0.29) is 22.4 Å². The number of nitrogens with one attached hydrogen (secondary N) is 1. The number of thioether (sulfide) groups is 1. The number of fused-ring (bicyclic) bond motifs is 1. The smallest absolute Gasteiger partial charge is 0.263 e. The minimum absolute atomic E-state index is 0.0846. The summed E-state index contributed by atoms with van der Waals surface area (Å²) in [6, 6.07) is 13.1. The Morgan fingerprint density at radius 1 is 1.19 bits per heavy atom. The Hall–Kier alpha value is -2.68. The standard InChI is InChI=1S/C22H19ClN4O2S2/c1-13-14(2)31-20-18(13)21(29)27(11-15-7-4-3-5-8-15)22(26-20)30-12-17(28)25-16-9-6-10-24-19(16)23/h3-10H,11-12H2,1-2H3,(H,25,28). The van der Waals surface area contributed by atoms with Crippen molar-refractivity contribution >= 4 is 56.5 Å². The first-order chi connectivity index (χ1) is 14.9. The van der Waals surface area contributed by atoms with Crippen LogP contribution in [0.5, 0.6) is 0 Å². The average Bonchev–Trinajstić information content (AvgIpc) is 3.05. The molecule has 31 heavy (non-hydrogen) atoms. The van der Waals surface area contributed by atoms with E-state index in [0.717, 1.165) is 16.0 Å². The topological polar surface area (TPSA) is 76.9 Å². The summed E-state index contributed by atoms with van der Waals surface area (Å²) >= 11 is 8.74. The summed E-state index contributed by atoms with van der Waals surface area (Å²) in [6.07, 6.45) is 1.55. The zero-order valence-electron chi connectivity index (χ0n) is 16.9. The SMILES string of the molecule is Cc1sc2nc(SCC(=O)Nc3cccnc3Cl)n(Cc3ccccc3)c(=O)c2c1C. The summed E-state index contributed by atoms with van der Waals surface area (Å²) in [4.78, 5) is 36.3. The van der Waals surface area contributed by atoms with Crippen molar-refractivity contribution in [3.63, 3.8) is 0 Å². The van der Waals surface area contributed by atoms with E-state index < -0.39 is 0 Å². The molecule has 0 unspecified atom stereocenters. The molecule has 3 aromatic heterocycles. The van der Waals surface area contributed by atoms with Gasteiger partial charge in [0.05, 0.1) is 23.4 Å². The third-order valence-corrected chi connectivity index (χ3v) is 7.18. The van der Waals surface area contributed by atoms with Crippen LogP contribution >= 0.6 is 34.7 Å². The molecule has 0 aliphatic carbocycles. The Morgan fingerprint density at radius 3 is 2.71 bits per heavy atom. The quantitative estimate of drug-likeness (QED) is 0.246. The molecular formula is C22H19ClN4O2S2. The van der Waals surface area contributed by atoms with E-state index in [2.05, 4.69) is 10.3 Å². The number of benzene rings is 1. The van der Waals surface area contributed by atoms with Gasteiger partial charge in [-0.1, -0.05) is 53.7 Å². The van der Waals surface area contributed by atoms with Crippen LogP contribution in [0, 0.1) is 13.8 Å². The third-order valence-electron chi connectivity index (χ3n) is 4.80. The summed E-state index contributed by atoms with van der Waals surface area (Å²) in [5.41, 5.74) is 2.31. The number of anilines is 1. The van der Waals surface area contributed by atoms with Gasteiger partial charge in [0.1, 0.15) is 4.83 Å². The van der Waals surface area contributed by atoms with Gasteiger partial charge in [-0.15, -0.1) is 11.3 Å². The molecule has 0 aliphatic rings. The highest BCUT2D eigenvalue weighted by Gasteiger charge is 2.18. The monoisotopic (exact) mass is 470 g/mol. The van der Waals surface area contributed by atoms with Crippen LogP contribution in [0.15, 0.2) is 58.6 Å². The van der Waals surface area contributed by atoms with Crippen LogP contribution in [-0.4, -0.2) is 26.2 Å². The number of aromatic nitrogens is 3. The Bertz CT molecular complexity index is 1320. The predicted molar refractivity (Wildman–Crippen MR) is 127 cm³/mol. The molecule has 4 aromatic rings. The number of halogens is 1. The molecule has 0 aliphatic heterocycles. The van der Waals surface area contributed by atoms with Crippen molar-refractivity contribution in [1.29, 1.82) is 0 Å². The molecule has 6 nitrogen and oxygen atoms in total. The first-order valence-corrected chi connectivity index (χ1v) is 11.7. The van der Waals surface area contributed by atoms with Gasteiger partial charge in [-0.2, -0.15) is 0 Å². The lowest BCUT2D eigenvalue weighted by atomic mass is 10.2. The van der Waals surface area contributed by atoms with Crippen LogP contribution in [0.25, 0.3) is 10.2 Å². The maximum absolute atomic E-state index is 13.4. The lowest BCUT2D eigenvalue weighted by Gasteiger charge is -2.12. The van der Waals surface area contributed by atoms with Crippen LogP contribution in [0.3, 0.4) is 0 Å². The number of hydrogen-bond donors (Lipinski definition) is 1. The van der Waals surface area contributed by atoms with Crippen LogP contribution in [0.1, 0.15) is 16.0 Å². The van der Waals surface area contributed by atoms with E-state index in [1.807, 2.05) is 44.2 Å². The number of amides is 1. The molecule has 0 saturated carbocycles. The fourth-order valence-electron chi connectivity index (χ4n) is 3.12. The number of pyridine rings is 1. The number of carbonyl (C=O) groups is 1. The molecule has 1 N–H and O–H groups in total. The van der Waals surface area contributed by atoms with Gasteiger partial charge in [0, 0.05) is 11.1 Å². The molecule has 0 spiro atoms. The number of rotatable bonds is 6. The van der Waals surface area contributed by atoms with Crippen LogP contribution in [-0.2, 0) is 11.3 Å². The fraction of sp³-hybridized carbons (Fsp3) is 0.182. The number of nitrogens with zero attached hydrogens (tertiary/aromatic N) is 3. The van der Waals surface area contributed by atoms with Gasteiger partial charge in [0.15, 0.2) is 10.3 Å². The van der Waals surface area contributed by atoms with E-state index >= 15 is 0 Å². The van der Waals surface area contributed by atoms with Gasteiger partial charge in [-0.05, 0) is 37.1 Å². The first kappa shape index (κ1) is 21.5. The summed E-state index contributed by atoms with van der Waals surface area (Å²) in [6.45, 7) is 4.32. The maximum Gasteiger partial charge on any atom is 0.263 e. The number of aryl methyl sites for hydroxylation is 2. The Kier molecular flexibility index (Phi) is 6.41. The second-order valence-corrected chi connectivity index (χ2v) is 9.42. The lowest BCUT2D eigenvalue weighted by Crippen LogP contribution is -2.24. The molecule has 0 radical (unpaired) electrons. The average molecular weight is 471 g/mol. The largest absolute Gasteiger partial charge is 0.323 e. The summed E-state index contributed by atoms with van der Waals surface area (Å²) in [5.74, 6) is -0.166. The number of thiophene rings is 1. The van der Waals surface area contributed by atoms with Crippen LogP contribution in [0.4, 0.5) is 5.69 Å². The summed E-state index contributed by atoms with van der Waals surface area (Å²) in [7, 11) is 0. The highest BCUT2D eigenvalue weighted by molar-refractivity contribution is 7.99. The normalized spacial score (nSPS) is 11.1. The van der Waals surface area contributed by atoms with Crippen LogP contribution < -0.4 is 10.9 Å². The number of hydrogen-bond acceptors (Lipinski definition) is 6. The van der Waals surface area contributed by atoms with E-state index in [4.69, 9.17) is 16.6 Å². The van der Waals surface area contributed by atoms with Crippen molar-refractivity contribution in [2.24, 2.45) is 0 Å². The van der Waals surface area contributed by atoms with Gasteiger partial charge in [-0.25, -0.2) is 9.97 Å². The molecule has 0 saturated heterocycles. The molecule has 1 aromatic carbocycles. The fourth-order valence-corrected chi connectivity index (χ4v) is 5.16. The van der Waals surface area contributed by atoms with Crippen molar-refractivity contribution in [2.75, 3.05) is 11.1 Å². The minimum atomic E-state index is -0.251. The number of carbonyl (C=O) groups excluding carboxylic acids is 1. The van der Waals surface area contributed by atoms with Gasteiger partial charge >= 0.3 is 0 Å². The summed E-state index contributed by atoms with van der Waals surface area (Å²) in [5, 5.41) is 4.13. The minimum Gasteiger partial charge on any atom is -0.323 e. The first-order valence-electron chi connectivity index (χ1n) is 9.51. The molecule has 0 fully saturated rings. The lowest BCUT2D eigenvalue weighted by molar-refractivity contribution is -0.113. The van der Waals surface area contributed by atoms with E-state index in [9.17, 15) is 9.59 Å². The predicted octanol–water partition coefficient (Wildman–Crippen LogP) is 4.90. The molecule has 0 bridgehead atoms. The van der Waals surface area contributed by atoms with E-state index in [1.54, 1.807) is 22.9 Å². The molecule has 4 rings (SSSR count). The van der Waals surface area contributed by atoms with Gasteiger partial charge in [0.2, 0.25) is 5.91 Å². The molecule has 0 atom stereocenters. The summed E-state index contributed by atoms with van der Waals surface area (Å²) < 4.78 is 1.64. The molecular weight excluding hydrogens is 452 g/mol. The highest BCUT2D eigenvalue weighted by Crippen LogP contribution is 2.29. The van der Waals surface area contributed by atoms with Gasteiger partial charge in [0.25, 0.3) is 5.56 Å². The zero-order chi connectivity index (χ0) is 22.0. The van der Waals surface area contributed by atoms with Gasteiger partial charge in [-0.3, -0.25) is 14.2 Å². The van der Waals surface area contributed by atoms with Crippen molar-refractivity contribution in [3.05, 3.63) is 80.2 Å². The van der Waals surface area contributed by atoms with Crippen molar-refractivity contribution in [3.8, 4) is 0 Å².